The summed E-state index contributed by atoms with van der Waals surface area (Å²) in [5, 5.41) is 2.72. The Hall–Kier alpha value is -3.17. The van der Waals surface area contributed by atoms with Crippen LogP contribution in [0.3, 0.4) is 0 Å². The SMILES string of the molecule is COC(=O)COc1ccc(NC(=O)C=Cc2ccc(S(=O)(=O)N3CCCCCC3)cc2)cc1. The van der Waals surface area contributed by atoms with E-state index >= 15 is 0 Å². The molecule has 176 valence electrons. The summed E-state index contributed by atoms with van der Waals surface area (Å²) >= 11 is 0. The second-order valence-corrected chi connectivity index (χ2v) is 9.54. The second-order valence-electron chi connectivity index (χ2n) is 7.60. The van der Waals surface area contributed by atoms with Crippen molar-refractivity contribution < 1.29 is 27.5 Å². The van der Waals surface area contributed by atoms with Crippen molar-refractivity contribution >= 4 is 33.7 Å². The smallest absolute Gasteiger partial charge is 0.343 e. The van der Waals surface area contributed by atoms with Crippen LogP contribution in [0, 0.1) is 0 Å². The molecule has 1 aliphatic heterocycles. The van der Waals surface area contributed by atoms with E-state index in [2.05, 4.69) is 10.1 Å². The topological polar surface area (TPSA) is 102 Å². The third kappa shape index (κ3) is 7.16. The summed E-state index contributed by atoms with van der Waals surface area (Å²) in [5.41, 5.74) is 1.28. The lowest BCUT2D eigenvalue weighted by Crippen LogP contribution is -2.31. The van der Waals surface area contributed by atoms with Gasteiger partial charge in [0.05, 0.1) is 12.0 Å². The number of benzene rings is 2. The molecule has 8 nitrogen and oxygen atoms in total. The van der Waals surface area contributed by atoms with Gasteiger partial charge in [0.1, 0.15) is 5.75 Å². The van der Waals surface area contributed by atoms with Gasteiger partial charge in [-0.1, -0.05) is 25.0 Å². The number of nitrogens with zero attached hydrogens (tertiary/aromatic N) is 1. The summed E-state index contributed by atoms with van der Waals surface area (Å²) in [6, 6.07) is 13.1. The zero-order valence-corrected chi connectivity index (χ0v) is 19.3. The van der Waals surface area contributed by atoms with Crippen LogP contribution in [0.15, 0.2) is 59.5 Å². The second kappa shape index (κ2) is 11.6. The van der Waals surface area contributed by atoms with Gasteiger partial charge in [0.15, 0.2) is 6.61 Å². The number of sulfonamides is 1. The maximum absolute atomic E-state index is 12.8. The molecule has 0 unspecified atom stereocenters. The van der Waals surface area contributed by atoms with E-state index in [1.807, 2.05) is 0 Å². The maximum atomic E-state index is 12.8. The number of nitrogens with one attached hydrogen (secondary N) is 1. The van der Waals surface area contributed by atoms with Crippen molar-refractivity contribution in [1.82, 2.24) is 4.31 Å². The molecule has 1 heterocycles. The quantitative estimate of drug-likeness (QED) is 0.466. The molecule has 9 heteroatoms. The zero-order valence-electron chi connectivity index (χ0n) is 18.5. The first-order valence-corrected chi connectivity index (χ1v) is 12.2. The minimum absolute atomic E-state index is 0.191. The number of hydrogen-bond acceptors (Lipinski definition) is 6. The number of methoxy groups -OCH3 is 1. The molecular formula is C24H28N2O6S. The van der Waals surface area contributed by atoms with E-state index in [9.17, 15) is 18.0 Å². The summed E-state index contributed by atoms with van der Waals surface area (Å²) in [5.74, 6) is -0.339. The van der Waals surface area contributed by atoms with Crippen molar-refractivity contribution in [2.45, 2.75) is 30.6 Å². The number of amides is 1. The van der Waals surface area contributed by atoms with E-state index in [0.717, 1.165) is 25.7 Å². The molecule has 1 aliphatic rings. The van der Waals surface area contributed by atoms with Gasteiger partial charge in [0.25, 0.3) is 0 Å². The highest BCUT2D eigenvalue weighted by molar-refractivity contribution is 7.89. The molecule has 1 fully saturated rings. The van der Waals surface area contributed by atoms with Gasteiger partial charge in [-0.15, -0.1) is 0 Å². The van der Waals surface area contributed by atoms with E-state index in [4.69, 9.17) is 4.74 Å². The lowest BCUT2D eigenvalue weighted by atomic mass is 10.2. The average Bonchev–Trinajstić information content (AvgIpc) is 3.13. The Kier molecular flexibility index (Phi) is 8.62. The molecule has 0 radical (unpaired) electrons. The Bertz CT molecular complexity index is 1070. The van der Waals surface area contributed by atoms with Crippen LogP contribution in [-0.4, -0.2) is 51.4 Å². The molecule has 1 N–H and O–H groups in total. The van der Waals surface area contributed by atoms with Crippen LogP contribution < -0.4 is 10.1 Å². The predicted molar refractivity (Wildman–Crippen MR) is 125 cm³/mol. The fourth-order valence-corrected chi connectivity index (χ4v) is 4.89. The molecule has 33 heavy (non-hydrogen) atoms. The molecule has 2 aromatic rings. The van der Waals surface area contributed by atoms with Crippen LogP contribution >= 0.6 is 0 Å². The van der Waals surface area contributed by atoms with Crippen LogP contribution in [0.4, 0.5) is 5.69 Å². The Labute approximate surface area is 194 Å². The number of esters is 1. The Morgan fingerprint density at radius 1 is 0.970 bits per heavy atom. The molecule has 0 aliphatic carbocycles. The highest BCUT2D eigenvalue weighted by Gasteiger charge is 2.24. The number of hydrogen-bond donors (Lipinski definition) is 1. The van der Waals surface area contributed by atoms with Gasteiger partial charge in [0.2, 0.25) is 15.9 Å². The standard InChI is InChI=1S/C24H28N2O6S/c1-31-24(28)18-32-21-11-9-20(10-12-21)25-23(27)15-8-19-6-13-22(14-7-19)33(29,30)26-16-4-2-3-5-17-26/h6-15H,2-5,16-18H2,1H3,(H,25,27). The maximum Gasteiger partial charge on any atom is 0.343 e. The van der Waals surface area contributed by atoms with Gasteiger partial charge in [-0.2, -0.15) is 4.31 Å². The minimum atomic E-state index is -3.49. The molecule has 1 amide bonds. The Morgan fingerprint density at radius 3 is 2.21 bits per heavy atom. The molecule has 2 aromatic carbocycles. The lowest BCUT2D eigenvalue weighted by Gasteiger charge is -2.19. The van der Waals surface area contributed by atoms with Gasteiger partial charge >= 0.3 is 5.97 Å². The van der Waals surface area contributed by atoms with Gasteiger partial charge in [-0.3, -0.25) is 4.79 Å². The lowest BCUT2D eigenvalue weighted by molar-refractivity contribution is -0.142. The molecule has 0 aromatic heterocycles. The van der Waals surface area contributed by atoms with Gasteiger partial charge in [-0.05, 0) is 60.9 Å². The van der Waals surface area contributed by atoms with Crippen LogP contribution in [0.25, 0.3) is 6.08 Å². The summed E-state index contributed by atoms with van der Waals surface area (Å²) in [4.78, 5) is 23.6. The highest BCUT2D eigenvalue weighted by atomic mass is 32.2. The molecule has 1 saturated heterocycles. The number of ether oxygens (including phenoxy) is 2. The van der Waals surface area contributed by atoms with Crippen molar-refractivity contribution in [3.63, 3.8) is 0 Å². The summed E-state index contributed by atoms with van der Waals surface area (Å²) < 4.78 is 37.0. The van der Waals surface area contributed by atoms with Crippen molar-refractivity contribution in [2.24, 2.45) is 0 Å². The van der Waals surface area contributed by atoms with E-state index in [-0.39, 0.29) is 17.4 Å². The first-order valence-electron chi connectivity index (χ1n) is 10.8. The first-order chi connectivity index (χ1) is 15.9. The van der Waals surface area contributed by atoms with E-state index in [1.54, 1.807) is 58.9 Å². The van der Waals surface area contributed by atoms with Gasteiger partial charge < -0.3 is 14.8 Å². The average molecular weight is 473 g/mol. The van der Waals surface area contributed by atoms with E-state index in [0.29, 0.717) is 30.1 Å². The van der Waals surface area contributed by atoms with Crippen LogP contribution in [0.5, 0.6) is 5.75 Å². The molecule has 0 saturated carbocycles. The monoisotopic (exact) mass is 472 g/mol. The number of rotatable bonds is 8. The minimum Gasteiger partial charge on any atom is -0.482 e. The Balaban J connectivity index is 1.55. The summed E-state index contributed by atoms with van der Waals surface area (Å²) in [6.07, 6.45) is 6.89. The van der Waals surface area contributed by atoms with Crippen LogP contribution in [0.2, 0.25) is 0 Å². The fourth-order valence-electron chi connectivity index (χ4n) is 3.37. The van der Waals surface area contributed by atoms with Crippen molar-refractivity contribution in [3.8, 4) is 5.75 Å². The summed E-state index contributed by atoms with van der Waals surface area (Å²) in [7, 11) is -2.21. The number of anilines is 1. The third-order valence-electron chi connectivity index (χ3n) is 5.22. The summed E-state index contributed by atoms with van der Waals surface area (Å²) in [6.45, 7) is 0.925. The molecule has 3 rings (SSSR count). The third-order valence-corrected chi connectivity index (χ3v) is 7.13. The Morgan fingerprint density at radius 2 is 1.61 bits per heavy atom. The van der Waals surface area contributed by atoms with Crippen LogP contribution in [0.1, 0.15) is 31.2 Å². The fraction of sp³-hybridized carbons (Fsp3) is 0.333. The zero-order chi connectivity index (χ0) is 23.7. The highest BCUT2D eigenvalue weighted by Crippen LogP contribution is 2.21. The van der Waals surface area contributed by atoms with Gasteiger partial charge in [0, 0.05) is 24.9 Å². The normalized spacial score (nSPS) is 15.1. The number of carbonyl (C=O) groups excluding carboxylic acids is 2. The predicted octanol–water partition coefficient (Wildman–Crippen LogP) is 3.46. The largest absolute Gasteiger partial charge is 0.482 e. The molecular weight excluding hydrogens is 444 g/mol. The van der Waals surface area contributed by atoms with E-state index in [1.165, 1.54) is 13.2 Å². The van der Waals surface area contributed by atoms with Crippen molar-refractivity contribution in [2.75, 3.05) is 32.1 Å². The molecule has 0 atom stereocenters. The molecule has 0 spiro atoms. The van der Waals surface area contributed by atoms with Crippen molar-refractivity contribution in [3.05, 3.63) is 60.2 Å². The van der Waals surface area contributed by atoms with Crippen molar-refractivity contribution in [1.29, 1.82) is 0 Å². The van der Waals surface area contributed by atoms with Crippen LogP contribution in [-0.2, 0) is 24.3 Å². The molecule has 0 bridgehead atoms. The van der Waals surface area contributed by atoms with E-state index < -0.39 is 16.0 Å². The van der Waals surface area contributed by atoms with Gasteiger partial charge in [-0.25, -0.2) is 13.2 Å². The first kappa shape index (κ1) is 24.5. The number of carbonyl (C=O) groups is 2.